The smallest absolute Gasteiger partial charge is 0.277 e. The molecule has 0 aliphatic rings. The summed E-state index contributed by atoms with van der Waals surface area (Å²) in [6.45, 7) is 8.11. The molecule has 1 aromatic carbocycles. The third-order valence-electron chi connectivity index (χ3n) is 3.31. The lowest BCUT2D eigenvalue weighted by molar-refractivity contribution is 0.0944. The summed E-state index contributed by atoms with van der Waals surface area (Å²) in [5, 5.41) is 12.7. The zero-order valence-corrected chi connectivity index (χ0v) is 15.9. The topological polar surface area (TPSA) is 125 Å². The van der Waals surface area contributed by atoms with Crippen molar-refractivity contribution < 1.29 is 18.9 Å². The van der Waals surface area contributed by atoms with Gasteiger partial charge in [0.2, 0.25) is 11.5 Å². The molecule has 148 valence electrons. The minimum Gasteiger partial charge on any atom is -0.490 e. The minimum atomic E-state index is -0.423. The molecule has 0 fully saturated rings. The fourth-order valence-electron chi connectivity index (χ4n) is 2.13. The van der Waals surface area contributed by atoms with Crippen LogP contribution < -0.4 is 25.8 Å². The van der Waals surface area contributed by atoms with Crippen LogP contribution in [-0.2, 0) is 6.54 Å². The van der Waals surface area contributed by atoms with Gasteiger partial charge in [-0.25, -0.2) is 4.63 Å². The Balaban J connectivity index is 0.00000364. The van der Waals surface area contributed by atoms with Gasteiger partial charge in [-0.2, -0.15) is 0 Å². The van der Waals surface area contributed by atoms with Crippen molar-refractivity contribution in [2.24, 2.45) is 0 Å². The maximum Gasteiger partial charge on any atom is 0.277 e. The van der Waals surface area contributed by atoms with Gasteiger partial charge in [0.15, 0.2) is 11.5 Å². The van der Waals surface area contributed by atoms with Gasteiger partial charge in [-0.05, 0) is 34.9 Å². The van der Waals surface area contributed by atoms with Crippen molar-refractivity contribution in [2.45, 2.75) is 13.5 Å². The number of hydrogen-bond acceptors (Lipinski definition) is 8. The second-order valence-corrected chi connectivity index (χ2v) is 5.24. The average molecular weight is 398 g/mol. The number of nitrogen functional groups attached to an aromatic ring is 1. The Morgan fingerprint density at radius 1 is 1.30 bits per heavy atom. The van der Waals surface area contributed by atoms with Crippen molar-refractivity contribution in [1.29, 1.82) is 0 Å². The first-order valence-corrected chi connectivity index (χ1v) is 8.22. The number of amides is 1. The Hall–Kier alpha value is -2.78. The summed E-state index contributed by atoms with van der Waals surface area (Å²) in [4.78, 5) is 11.8. The lowest BCUT2D eigenvalue weighted by Gasteiger charge is -2.13. The number of nitrogens with zero attached hydrogens (tertiary/aromatic N) is 2. The number of rotatable bonds is 11. The number of carbonyl (C=O) groups is 1. The van der Waals surface area contributed by atoms with Gasteiger partial charge in [0.05, 0.1) is 6.61 Å². The van der Waals surface area contributed by atoms with E-state index in [0.717, 1.165) is 5.56 Å². The van der Waals surface area contributed by atoms with Crippen LogP contribution in [0.5, 0.6) is 11.5 Å². The Morgan fingerprint density at radius 2 is 2.11 bits per heavy atom. The van der Waals surface area contributed by atoms with Crippen molar-refractivity contribution >= 4 is 24.1 Å². The first-order valence-electron chi connectivity index (χ1n) is 8.22. The van der Waals surface area contributed by atoms with E-state index >= 15 is 0 Å². The van der Waals surface area contributed by atoms with Crippen LogP contribution in [0.4, 0.5) is 5.82 Å². The molecule has 0 bridgehead atoms. The number of ether oxygens (including phenoxy) is 2. The van der Waals surface area contributed by atoms with Crippen LogP contribution in [0.2, 0.25) is 0 Å². The first kappa shape index (κ1) is 22.3. The third-order valence-corrected chi connectivity index (χ3v) is 3.31. The highest BCUT2D eigenvalue weighted by Crippen LogP contribution is 2.28. The second kappa shape index (κ2) is 11.8. The molecule has 1 aromatic heterocycles. The molecule has 0 radical (unpaired) electrons. The SMILES string of the molecule is C=CCOc1ccc(CNCCNC(=O)c2nonc2N)cc1OCC.Cl. The molecular formula is C17H24ClN5O4. The molecule has 4 N–H and O–H groups in total. The molecule has 2 aromatic rings. The number of carbonyl (C=O) groups excluding carboxylic acids is 1. The molecule has 0 saturated heterocycles. The summed E-state index contributed by atoms with van der Waals surface area (Å²) in [5.74, 6) is 0.920. The number of aromatic nitrogens is 2. The van der Waals surface area contributed by atoms with E-state index in [1.807, 2.05) is 25.1 Å². The van der Waals surface area contributed by atoms with Gasteiger partial charge in [0, 0.05) is 19.6 Å². The van der Waals surface area contributed by atoms with Crippen LogP contribution in [0.3, 0.4) is 0 Å². The van der Waals surface area contributed by atoms with E-state index in [4.69, 9.17) is 15.2 Å². The predicted octanol–water partition coefficient (Wildman–Crippen LogP) is 1.56. The van der Waals surface area contributed by atoms with E-state index in [-0.39, 0.29) is 23.9 Å². The predicted molar refractivity (Wildman–Crippen MR) is 103 cm³/mol. The molecule has 2 rings (SSSR count). The molecule has 27 heavy (non-hydrogen) atoms. The molecule has 1 amide bonds. The molecule has 10 heteroatoms. The lowest BCUT2D eigenvalue weighted by Crippen LogP contribution is -2.32. The highest BCUT2D eigenvalue weighted by molar-refractivity contribution is 5.95. The summed E-state index contributed by atoms with van der Waals surface area (Å²) in [6, 6.07) is 5.75. The molecule has 0 aliphatic heterocycles. The number of halogens is 1. The van der Waals surface area contributed by atoms with E-state index in [9.17, 15) is 4.79 Å². The Labute approximate surface area is 163 Å². The van der Waals surface area contributed by atoms with Gasteiger partial charge in [0.1, 0.15) is 6.61 Å². The number of nitrogens with one attached hydrogen (secondary N) is 2. The van der Waals surface area contributed by atoms with E-state index in [1.165, 1.54) is 0 Å². The van der Waals surface area contributed by atoms with E-state index < -0.39 is 5.91 Å². The van der Waals surface area contributed by atoms with Crippen molar-refractivity contribution in [3.8, 4) is 11.5 Å². The second-order valence-electron chi connectivity index (χ2n) is 5.24. The molecule has 0 saturated carbocycles. The van der Waals surface area contributed by atoms with Crippen LogP contribution in [0.25, 0.3) is 0 Å². The normalized spacial score (nSPS) is 9.96. The van der Waals surface area contributed by atoms with Crippen LogP contribution in [-0.4, -0.2) is 42.5 Å². The van der Waals surface area contributed by atoms with Crippen LogP contribution >= 0.6 is 12.4 Å². The van der Waals surface area contributed by atoms with E-state index in [2.05, 4.69) is 32.2 Å². The third kappa shape index (κ3) is 6.80. The summed E-state index contributed by atoms with van der Waals surface area (Å²) in [7, 11) is 0. The number of benzene rings is 1. The van der Waals surface area contributed by atoms with Crippen molar-refractivity contribution in [3.05, 3.63) is 42.1 Å². The van der Waals surface area contributed by atoms with Crippen LogP contribution in [0.1, 0.15) is 23.0 Å². The van der Waals surface area contributed by atoms with E-state index in [0.29, 0.717) is 44.3 Å². The summed E-state index contributed by atoms with van der Waals surface area (Å²) < 4.78 is 15.6. The van der Waals surface area contributed by atoms with Crippen molar-refractivity contribution in [1.82, 2.24) is 20.9 Å². The molecule has 1 heterocycles. The first-order chi connectivity index (χ1) is 12.7. The quantitative estimate of drug-likeness (QED) is 0.385. The van der Waals surface area contributed by atoms with Crippen molar-refractivity contribution in [2.75, 3.05) is 32.0 Å². The highest BCUT2D eigenvalue weighted by atomic mass is 35.5. The molecule has 0 atom stereocenters. The zero-order chi connectivity index (χ0) is 18.8. The van der Waals surface area contributed by atoms with Gasteiger partial charge in [0.25, 0.3) is 5.91 Å². The largest absolute Gasteiger partial charge is 0.490 e. The zero-order valence-electron chi connectivity index (χ0n) is 15.1. The van der Waals surface area contributed by atoms with Crippen LogP contribution in [0.15, 0.2) is 35.5 Å². The number of hydrogen-bond donors (Lipinski definition) is 3. The molecular weight excluding hydrogens is 374 g/mol. The fraction of sp³-hybridized carbons (Fsp3) is 0.353. The molecule has 0 unspecified atom stereocenters. The number of nitrogens with two attached hydrogens (primary N) is 1. The maximum atomic E-state index is 11.8. The Bertz CT molecular complexity index is 738. The van der Waals surface area contributed by atoms with E-state index in [1.54, 1.807) is 6.08 Å². The fourth-order valence-corrected chi connectivity index (χ4v) is 2.13. The van der Waals surface area contributed by atoms with Gasteiger partial charge in [-0.15, -0.1) is 12.4 Å². The van der Waals surface area contributed by atoms with Gasteiger partial charge >= 0.3 is 0 Å². The van der Waals surface area contributed by atoms with Crippen molar-refractivity contribution in [3.63, 3.8) is 0 Å². The Morgan fingerprint density at radius 3 is 2.78 bits per heavy atom. The standard InChI is InChI=1S/C17H23N5O4.ClH/c1-3-9-25-13-6-5-12(10-14(13)24-4-2)11-19-7-8-20-17(23)15-16(18)22-26-21-15;/h3,5-6,10,19H,1,4,7-9,11H2,2H3,(H2,18,22)(H,20,23);1H. The maximum absolute atomic E-state index is 11.8. The number of anilines is 1. The summed E-state index contributed by atoms with van der Waals surface area (Å²) in [5.41, 5.74) is 6.48. The summed E-state index contributed by atoms with van der Waals surface area (Å²) >= 11 is 0. The molecule has 0 spiro atoms. The van der Waals surface area contributed by atoms with Gasteiger partial charge < -0.3 is 25.8 Å². The monoisotopic (exact) mass is 397 g/mol. The molecule has 9 nitrogen and oxygen atoms in total. The average Bonchev–Trinajstić information content (AvgIpc) is 3.07. The lowest BCUT2D eigenvalue weighted by atomic mass is 10.2. The summed E-state index contributed by atoms with van der Waals surface area (Å²) in [6.07, 6.45) is 1.68. The van der Waals surface area contributed by atoms with Crippen LogP contribution in [0, 0.1) is 0 Å². The minimum absolute atomic E-state index is 0. The van der Waals surface area contributed by atoms with Gasteiger partial charge in [-0.1, -0.05) is 18.7 Å². The van der Waals surface area contributed by atoms with Gasteiger partial charge in [-0.3, -0.25) is 4.79 Å². The Kier molecular flexibility index (Phi) is 9.70. The highest BCUT2D eigenvalue weighted by Gasteiger charge is 2.14. The molecule has 0 aliphatic carbocycles.